The molecule has 1 rings (SSSR count). The van der Waals surface area contributed by atoms with E-state index in [-0.39, 0.29) is 16.1 Å². The van der Waals surface area contributed by atoms with E-state index in [4.69, 9.17) is 16.7 Å². The fraction of sp³-hybridized carbons (Fsp3) is 0.125. The zero-order valence-electron chi connectivity index (χ0n) is 6.57. The van der Waals surface area contributed by atoms with Crippen LogP contribution in [0.3, 0.4) is 0 Å². The molecular formula is C8H5ClFIO2. The zero-order chi connectivity index (χ0) is 10.2. The van der Waals surface area contributed by atoms with Crippen LogP contribution in [-0.4, -0.2) is 11.1 Å². The third-order valence-electron chi connectivity index (χ3n) is 1.61. The lowest BCUT2D eigenvalue weighted by molar-refractivity contribution is 0.0691. The van der Waals surface area contributed by atoms with Gasteiger partial charge in [-0.2, -0.15) is 0 Å². The van der Waals surface area contributed by atoms with Crippen molar-refractivity contribution in [3.63, 3.8) is 0 Å². The summed E-state index contributed by atoms with van der Waals surface area (Å²) in [5.41, 5.74) is -0.117. The molecule has 13 heavy (non-hydrogen) atoms. The van der Waals surface area contributed by atoms with Crippen LogP contribution in [0, 0.1) is 16.3 Å². The van der Waals surface area contributed by atoms with E-state index in [2.05, 4.69) is 0 Å². The van der Waals surface area contributed by atoms with Crippen LogP contribution in [0.2, 0.25) is 5.02 Å². The number of carboxylic acid groups (broad SMARTS) is 1. The van der Waals surface area contributed by atoms with Crippen molar-refractivity contribution in [1.82, 2.24) is 0 Å². The Morgan fingerprint density at radius 2 is 2.23 bits per heavy atom. The Hall–Kier alpha value is -0.360. The second-order valence-electron chi connectivity index (χ2n) is 2.46. The molecule has 0 aliphatic carbocycles. The summed E-state index contributed by atoms with van der Waals surface area (Å²) in [5.74, 6) is -2.03. The molecule has 1 aromatic rings. The Morgan fingerprint density at radius 3 is 2.69 bits per heavy atom. The minimum absolute atomic E-state index is 0.261. The summed E-state index contributed by atoms with van der Waals surface area (Å²) >= 11 is 7.57. The van der Waals surface area contributed by atoms with Gasteiger partial charge in [0.05, 0.1) is 10.6 Å². The van der Waals surface area contributed by atoms with Gasteiger partial charge in [0.1, 0.15) is 5.82 Å². The summed E-state index contributed by atoms with van der Waals surface area (Å²) in [4.78, 5) is 10.5. The Kier molecular flexibility index (Phi) is 3.13. The number of halogens is 3. The van der Waals surface area contributed by atoms with Gasteiger partial charge < -0.3 is 5.11 Å². The first-order valence-corrected chi connectivity index (χ1v) is 4.78. The topological polar surface area (TPSA) is 37.3 Å². The normalized spacial score (nSPS) is 10.2. The van der Waals surface area contributed by atoms with Gasteiger partial charge in [0.25, 0.3) is 0 Å². The zero-order valence-corrected chi connectivity index (χ0v) is 9.48. The number of carboxylic acids is 1. The highest BCUT2D eigenvalue weighted by Gasteiger charge is 2.16. The van der Waals surface area contributed by atoms with Crippen LogP contribution in [0.4, 0.5) is 4.39 Å². The van der Waals surface area contributed by atoms with E-state index in [0.29, 0.717) is 3.57 Å². The Bertz CT molecular complexity index is 379. The molecule has 0 spiro atoms. The molecule has 0 unspecified atom stereocenters. The van der Waals surface area contributed by atoms with Gasteiger partial charge in [-0.15, -0.1) is 0 Å². The highest BCUT2D eigenvalue weighted by molar-refractivity contribution is 14.1. The Balaban J connectivity index is 3.50. The second kappa shape index (κ2) is 3.79. The summed E-state index contributed by atoms with van der Waals surface area (Å²) in [5, 5.41) is 8.87. The fourth-order valence-electron chi connectivity index (χ4n) is 0.887. The average molecular weight is 314 g/mol. The van der Waals surface area contributed by atoms with Crippen molar-refractivity contribution >= 4 is 40.2 Å². The van der Waals surface area contributed by atoms with Crippen molar-refractivity contribution in [2.75, 3.05) is 0 Å². The van der Waals surface area contributed by atoms with Gasteiger partial charge in [0.15, 0.2) is 0 Å². The van der Waals surface area contributed by atoms with Crippen LogP contribution in [0.15, 0.2) is 6.07 Å². The number of hydrogen-bond donors (Lipinski definition) is 1. The number of aromatic carboxylic acids is 1. The Morgan fingerprint density at radius 1 is 1.69 bits per heavy atom. The van der Waals surface area contributed by atoms with Crippen LogP contribution in [0.5, 0.6) is 0 Å². The molecule has 0 atom stereocenters. The van der Waals surface area contributed by atoms with Crippen LogP contribution in [0.25, 0.3) is 0 Å². The molecule has 1 aromatic carbocycles. The lowest BCUT2D eigenvalue weighted by Gasteiger charge is -2.05. The molecule has 2 nitrogen and oxygen atoms in total. The van der Waals surface area contributed by atoms with Crippen LogP contribution < -0.4 is 0 Å². The van der Waals surface area contributed by atoms with Gasteiger partial charge >= 0.3 is 5.97 Å². The van der Waals surface area contributed by atoms with Gasteiger partial charge in [-0.05, 0) is 35.6 Å². The third kappa shape index (κ3) is 1.94. The van der Waals surface area contributed by atoms with Crippen molar-refractivity contribution in [1.29, 1.82) is 0 Å². The first-order chi connectivity index (χ1) is 5.95. The molecule has 70 valence electrons. The predicted molar refractivity (Wildman–Crippen MR) is 55.8 cm³/mol. The average Bonchev–Trinajstić information content (AvgIpc) is 2.07. The highest BCUT2D eigenvalue weighted by atomic mass is 127. The predicted octanol–water partition coefficient (Wildman–Crippen LogP) is 3.09. The number of carbonyl (C=O) groups is 1. The number of benzene rings is 1. The second-order valence-corrected chi connectivity index (χ2v) is 3.95. The minimum Gasteiger partial charge on any atom is -0.478 e. The fourth-order valence-corrected chi connectivity index (χ4v) is 1.53. The van der Waals surface area contributed by atoms with Crippen molar-refractivity contribution in [3.05, 3.63) is 31.6 Å². The summed E-state index contributed by atoms with van der Waals surface area (Å²) in [7, 11) is 0. The molecule has 0 saturated carbocycles. The number of hydrogen-bond acceptors (Lipinski definition) is 1. The number of rotatable bonds is 1. The first kappa shape index (κ1) is 10.7. The summed E-state index contributed by atoms with van der Waals surface area (Å²) in [6.07, 6.45) is 0. The Labute approximate surface area is 92.8 Å². The van der Waals surface area contributed by atoms with Gasteiger partial charge in [0, 0.05) is 9.13 Å². The van der Waals surface area contributed by atoms with Crippen LogP contribution in [0.1, 0.15) is 15.9 Å². The molecule has 5 heteroatoms. The van der Waals surface area contributed by atoms with Crippen molar-refractivity contribution in [2.24, 2.45) is 0 Å². The van der Waals surface area contributed by atoms with Crippen molar-refractivity contribution in [2.45, 2.75) is 6.92 Å². The molecule has 0 fully saturated rings. The molecule has 0 bridgehead atoms. The van der Waals surface area contributed by atoms with E-state index in [0.717, 1.165) is 6.07 Å². The summed E-state index contributed by atoms with van der Waals surface area (Å²) < 4.78 is 13.8. The molecular weight excluding hydrogens is 309 g/mol. The monoisotopic (exact) mass is 314 g/mol. The molecule has 0 amide bonds. The summed E-state index contributed by atoms with van der Waals surface area (Å²) in [6.45, 7) is 1.50. The maximum absolute atomic E-state index is 13.2. The van der Waals surface area contributed by atoms with Gasteiger partial charge in [-0.25, -0.2) is 9.18 Å². The van der Waals surface area contributed by atoms with E-state index in [1.807, 2.05) is 22.6 Å². The van der Waals surface area contributed by atoms with Gasteiger partial charge in [-0.3, -0.25) is 0 Å². The SMILES string of the molecule is Cc1c(F)c(C(=O)O)cc(Cl)c1I. The lowest BCUT2D eigenvalue weighted by Crippen LogP contribution is -2.03. The highest BCUT2D eigenvalue weighted by Crippen LogP contribution is 2.26. The van der Waals surface area contributed by atoms with E-state index >= 15 is 0 Å². The maximum Gasteiger partial charge on any atom is 0.338 e. The van der Waals surface area contributed by atoms with Crippen molar-refractivity contribution in [3.8, 4) is 0 Å². The van der Waals surface area contributed by atoms with Crippen LogP contribution in [-0.2, 0) is 0 Å². The quantitative estimate of drug-likeness (QED) is 0.639. The van der Waals surface area contributed by atoms with Crippen LogP contribution >= 0.6 is 34.2 Å². The molecule has 0 aliphatic heterocycles. The summed E-state index contributed by atoms with van der Waals surface area (Å²) in [6, 6.07) is 1.12. The van der Waals surface area contributed by atoms with Crippen molar-refractivity contribution < 1.29 is 14.3 Å². The molecule has 0 saturated heterocycles. The molecule has 0 aromatic heterocycles. The standard InChI is InChI=1S/C8H5ClFIO2/c1-3-6(10)4(8(12)13)2-5(9)7(3)11/h2H,1H3,(H,12,13). The van der Waals surface area contributed by atoms with E-state index in [1.165, 1.54) is 6.92 Å². The lowest BCUT2D eigenvalue weighted by atomic mass is 10.1. The van der Waals surface area contributed by atoms with E-state index in [9.17, 15) is 9.18 Å². The molecule has 0 aliphatic rings. The first-order valence-electron chi connectivity index (χ1n) is 3.32. The molecule has 1 N–H and O–H groups in total. The largest absolute Gasteiger partial charge is 0.478 e. The smallest absolute Gasteiger partial charge is 0.338 e. The van der Waals surface area contributed by atoms with E-state index in [1.54, 1.807) is 0 Å². The minimum atomic E-state index is -1.31. The van der Waals surface area contributed by atoms with Gasteiger partial charge in [0.2, 0.25) is 0 Å². The van der Waals surface area contributed by atoms with E-state index < -0.39 is 11.8 Å². The third-order valence-corrected chi connectivity index (χ3v) is 3.61. The molecule has 0 radical (unpaired) electrons. The maximum atomic E-state index is 13.2. The van der Waals surface area contributed by atoms with Gasteiger partial charge in [-0.1, -0.05) is 11.6 Å². The molecule has 0 heterocycles.